The Kier molecular flexibility index (Phi) is 8.61. The van der Waals surface area contributed by atoms with Gasteiger partial charge in [-0.3, -0.25) is 14.6 Å². The van der Waals surface area contributed by atoms with E-state index in [9.17, 15) is 9.59 Å². The summed E-state index contributed by atoms with van der Waals surface area (Å²) in [5.74, 6) is 2.56. The number of hydrogen-bond acceptors (Lipinski definition) is 9. The molecule has 0 radical (unpaired) electrons. The van der Waals surface area contributed by atoms with Crippen molar-refractivity contribution in [1.82, 2.24) is 20.3 Å². The molecule has 4 heterocycles. The molecule has 12 nitrogen and oxygen atoms in total. The third kappa shape index (κ3) is 5.80. The Morgan fingerprint density at radius 3 is 2.38 bits per heavy atom. The summed E-state index contributed by atoms with van der Waals surface area (Å²) in [5, 5.41) is 6.75. The van der Waals surface area contributed by atoms with Crippen LogP contribution in [0, 0.1) is 0 Å². The first-order valence-corrected chi connectivity index (χ1v) is 15.4. The van der Waals surface area contributed by atoms with Crippen molar-refractivity contribution < 1.29 is 19.1 Å². The van der Waals surface area contributed by atoms with Crippen LogP contribution in [0.5, 0.6) is 11.5 Å². The number of halogens is 2. The van der Waals surface area contributed by atoms with E-state index in [4.69, 9.17) is 42.6 Å². The largest absolute Gasteiger partial charge is 0.495 e. The van der Waals surface area contributed by atoms with Crippen LogP contribution >= 0.6 is 23.2 Å². The lowest BCUT2D eigenvalue weighted by Crippen LogP contribution is -2.47. The van der Waals surface area contributed by atoms with Crippen molar-refractivity contribution in [2.45, 2.75) is 43.8 Å². The number of aromatic nitrogens is 3. The van der Waals surface area contributed by atoms with Gasteiger partial charge < -0.3 is 25.0 Å². The van der Waals surface area contributed by atoms with Gasteiger partial charge in [-0.15, -0.1) is 0 Å². The zero-order valence-electron chi connectivity index (χ0n) is 25.2. The minimum atomic E-state index is -0.397. The van der Waals surface area contributed by atoms with Crippen LogP contribution in [-0.2, 0) is 11.3 Å². The minimum absolute atomic E-state index is 0.117. The van der Waals surface area contributed by atoms with Crippen LogP contribution in [0.25, 0.3) is 0 Å². The van der Waals surface area contributed by atoms with Gasteiger partial charge in [-0.05, 0) is 36.5 Å². The van der Waals surface area contributed by atoms with E-state index < -0.39 is 6.03 Å². The highest BCUT2D eigenvalue weighted by atomic mass is 35.5. The predicted molar refractivity (Wildman–Crippen MR) is 174 cm³/mol. The number of carbonyl (C=O) groups is 2. The molecule has 0 spiro atoms. The third-order valence-electron chi connectivity index (χ3n) is 8.64. The Morgan fingerprint density at radius 2 is 1.78 bits per heavy atom. The SMILES string of the molecule is C=CC(=O)NC1CN(c2ccc(C3CCC3)cn2)CC1Nc1ncc2c(n1)N(C)C(=O)N(c1c(Cl)c(OC)cc(OC)c1Cl)C2. The maximum absolute atomic E-state index is 13.6. The molecule has 1 saturated heterocycles. The van der Waals surface area contributed by atoms with Gasteiger partial charge >= 0.3 is 6.03 Å². The maximum atomic E-state index is 13.6. The summed E-state index contributed by atoms with van der Waals surface area (Å²) in [4.78, 5) is 44.9. The van der Waals surface area contributed by atoms with Gasteiger partial charge in [0.05, 0.1) is 38.5 Å². The fraction of sp³-hybridized carbons (Fsp3) is 0.387. The smallest absolute Gasteiger partial charge is 0.330 e. The first-order valence-electron chi connectivity index (χ1n) is 14.6. The van der Waals surface area contributed by atoms with Crippen molar-refractivity contribution >= 4 is 58.4 Å². The lowest BCUT2D eigenvalue weighted by molar-refractivity contribution is -0.117. The number of methoxy groups -OCH3 is 2. The zero-order valence-corrected chi connectivity index (χ0v) is 26.7. The van der Waals surface area contributed by atoms with E-state index in [1.165, 1.54) is 54.9 Å². The lowest BCUT2D eigenvalue weighted by atomic mass is 9.81. The number of nitrogens with one attached hydrogen (secondary N) is 2. The van der Waals surface area contributed by atoms with E-state index in [0.717, 1.165) is 5.82 Å². The van der Waals surface area contributed by atoms with Crippen molar-refractivity contribution in [3.8, 4) is 11.5 Å². The number of hydrogen-bond donors (Lipinski definition) is 2. The van der Waals surface area contributed by atoms with Crippen LogP contribution in [0.2, 0.25) is 10.0 Å². The van der Waals surface area contributed by atoms with Gasteiger partial charge in [0.2, 0.25) is 11.9 Å². The normalized spacial score (nSPS) is 19.6. The second kappa shape index (κ2) is 12.6. The fourth-order valence-electron chi connectivity index (χ4n) is 5.92. The van der Waals surface area contributed by atoms with Crippen LogP contribution in [-0.4, -0.2) is 73.3 Å². The number of nitrogens with zero attached hydrogens (tertiary/aromatic N) is 6. The van der Waals surface area contributed by atoms with Gasteiger partial charge in [-0.25, -0.2) is 14.8 Å². The average Bonchev–Trinajstić information content (AvgIpc) is 3.41. The summed E-state index contributed by atoms with van der Waals surface area (Å²) >= 11 is 13.2. The van der Waals surface area contributed by atoms with Crippen LogP contribution in [0.4, 0.5) is 28.1 Å². The Bertz CT molecular complexity index is 1610. The highest BCUT2D eigenvalue weighted by Gasteiger charge is 2.37. The first-order chi connectivity index (χ1) is 21.7. The van der Waals surface area contributed by atoms with Crippen molar-refractivity contribution in [3.63, 3.8) is 0 Å². The van der Waals surface area contributed by atoms with Gasteiger partial charge in [0.1, 0.15) is 33.2 Å². The van der Waals surface area contributed by atoms with Crippen LogP contribution in [0.3, 0.4) is 0 Å². The van der Waals surface area contributed by atoms with Crippen molar-refractivity contribution in [3.05, 3.63) is 64.4 Å². The Hall–Kier alpha value is -4.29. The molecule has 2 aliphatic heterocycles. The zero-order chi connectivity index (χ0) is 31.8. The number of fused-ring (bicyclic) bond motifs is 1. The molecule has 2 fully saturated rings. The molecule has 1 aromatic carbocycles. The van der Waals surface area contributed by atoms with E-state index in [1.54, 1.807) is 19.3 Å². The molecule has 3 aliphatic rings. The molecule has 1 aliphatic carbocycles. The van der Waals surface area contributed by atoms with Crippen molar-refractivity contribution in [2.75, 3.05) is 54.4 Å². The highest BCUT2D eigenvalue weighted by Crippen LogP contribution is 2.48. The van der Waals surface area contributed by atoms with Crippen LogP contribution < -0.4 is 34.8 Å². The van der Waals surface area contributed by atoms with Crippen molar-refractivity contribution in [1.29, 1.82) is 0 Å². The number of benzene rings is 1. The molecule has 2 N–H and O–H groups in total. The van der Waals surface area contributed by atoms with Crippen LogP contribution in [0.15, 0.2) is 43.2 Å². The molecule has 1 saturated carbocycles. The number of amides is 3. The average molecular weight is 654 g/mol. The highest BCUT2D eigenvalue weighted by molar-refractivity contribution is 6.42. The predicted octanol–water partition coefficient (Wildman–Crippen LogP) is 5.01. The molecular formula is C31H34Cl2N8O4. The lowest BCUT2D eigenvalue weighted by Gasteiger charge is -2.35. The summed E-state index contributed by atoms with van der Waals surface area (Å²) in [5.41, 5.74) is 2.21. The molecule has 2 aromatic heterocycles. The van der Waals surface area contributed by atoms with Crippen LogP contribution in [0.1, 0.15) is 36.3 Å². The van der Waals surface area contributed by atoms with E-state index in [0.29, 0.717) is 47.8 Å². The number of pyridine rings is 1. The standard InChI is InChI=1S/C31H34Cl2N8O4/c1-5-25(42)36-20-15-40(24-10-9-18(12-34-24)17-7-6-8-17)16-21(20)37-30-35-13-19-14-41(31(43)39(2)29(19)38-30)28-26(32)22(44-3)11-23(45-4)27(28)33/h5,9-13,17,20-21H,1,6-8,14-16H2,2-4H3,(H,36,42)(H,35,37,38). The molecule has 45 heavy (non-hydrogen) atoms. The number of urea groups is 1. The molecule has 2 atom stereocenters. The minimum Gasteiger partial charge on any atom is -0.495 e. The van der Waals surface area contributed by atoms with Gasteiger partial charge in [0.15, 0.2) is 0 Å². The fourth-order valence-corrected chi connectivity index (χ4v) is 6.63. The summed E-state index contributed by atoms with van der Waals surface area (Å²) in [7, 11) is 4.56. The summed E-state index contributed by atoms with van der Waals surface area (Å²) in [6.07, 6.45) is 8.56. The Balaban J connectivity index is 1.24. The molecule has 0 bridgehead atoms. The second-order valence-corrected chi connectivity index (χ2v) is 12.0. The maximum Gasteiger partial charge on any atom is 0.330 e. The van der Waals surface area contributed by atoms with Crippen molar-refractivity contribution in [2.24, 2.45) is 0 Å². The van der Waals surface area contributed by atoms with E-state index in [1.807, 2.05) is 12.3 Å². The molecule has 236 valence electrons. The van der Waals surface area contributed by atoms with Gasteiger partial charge in [-0.2, -0.15) is 4.98 Å². The number of carbonyl (C=O) groups excluding carboxylic acids is 2. The first kappa shape index (κ1) is 30.7. The van der Waals surface area contributed by atoms with E-state index in [2.05, 4.69) is 33.2 Å². The number of anilines is 4. The Morgan fingerprint density at radius 1 is 1.07 bits per heavy atom. The number of rotatable bonds is 9. The molecule has 6 rings (SSSR count). The molecule has 3 amide bonds. The molecular weight excluding hydrogens is 619 g/mol. The Labute approximate surface area is 271 Å². The summed E-state index contributed by atoms with van der Waals surface area (Å²) in [6, 6.07) is 4.84. The van der Waals surface area contributed by atoms with Gasteiger partial charge in [0.25, 0.3) is 0 Å². The second-order valence-electron chi connectivity index (χ2n) is 11.3. The van der Waals surface area contributed by atoms with Gasteiger partial charge in [0, 0.05) is 44.2 Å². The third-order valence-corrected chi connectivity index (χ3v) is 9.38. The quantitative estimate of drug-likeness (QED) is 0.307. The summed E-state index contributed by atoms with van der Waals surface area (Å²) in [6.45, 7) is 4.80. The number of ether oxygens (including phenoxy) is 2. The van der Waals surface area contributed by atoms with E-state index >= 15 is 0 Å². The monoisotopic (exact) mass is 652 g/mol. The van der Waals surface area contributed by atoms with E-state index in [-0.39, 0.29) is 40.3 Å². The topological polar surface area (TPSA) is 125 Å². The molecule has 3 aromatic rings. The molecule has 2 unspecified atom stereocenters. The molecule has 14 heteroatoms. The summed E-state index contributed by atoms with van der Waals surface area (Å²) < 4.78 is 10.8. The van der Waals surface area contributed by atoms with Gasteiger partial charge in [-0.1, -0.05) is 42.3 Å².